The van der Waals surface area contributed by atoms with Crippen LogP contribution in [0.25, 0.3) is 0 Å². The summed E-state index contributed by atoms with van der Waals surface area (Å²) in [5.74, 6) is 1.90. The van der Waals surface area contributed by atoms with Crippen LogP contribution in [0.3, 0.4) is 0 Å². The highest BCUT2D eigenvalue weighted by atomic mass is 32.2. The molecule has 0 aromatic carbocycles. The van der Waals surface area contributed by atoms with E-state index in [4.69, 9.17) is 10.8 Å². The Morgan fingerprint density at radius 3 is 2.67 bits per heavy atom. The van der Waals surface area contributed by atoms with Gasteiger partial charge in [-0.05, 0) is 18.1 Å². The molecule has 1 amide bonds. The van der Waals surface area contributed by atoms with E-state index in [9.17, 15) is 4.79 Å². The smallest absolute Gasteiger partial charge is 0.237 e. The van der Waals surface area contributed by atoms with Crippen molar-refractivity contribution >= 4 is 17.7 Å². The summed E-state index contributed by atoms with van der Waals surface area (Å²) in [6, 6.07) is -0.410. The molecular weight excluding hydrogens is 212 g/mol. The molecule has 0 saturated heterocycles. The molecule has 4 nitrogen and oxygen atoms in total. The third-order valence-corrected chi connectivity index (χ3v) is 3.08. The molecule has 0 spiro atoms. The van der Waals surface area contributed by atoms with Crippen LogP contribution in [-0.2, 0) is 4.79 Å². The summed E-state index contributed by atoms with van der Waals surface area (Å²) in [4.78, 5) is 11.4. The molecule has 0 aromatic heterocycles. The number of nitrogens with one attached hydrogen (secondary N) is 1. The Balaban J connectivity index is 3.39. The average Bonchev–Trinajstić information content (AvgIpc) is 2.21. The van der Waals surface area contributed by atoms with E-state index in [1.165, 1.54) is 0 Å². The van der Waals surface area contributed by atoms with Gasteiger partial charge >= 0.3 is 0 Å². The lowest BCUT2D eigenvalue weighted by Gasteiger charge is -2.14. The van der Waals surface area contributed by atoms with Crippen molar-refractivity contribution in [3.63, 3.8) is 0 Å². The Hall–Kier alpha value is -0.260. The molecule has 1 atom stereocenters. The van der Waals surface area contributed by atoms with Crippen LogP contribution in [0.1, 0.15) is 20.3 Å². The predicted molar refractivity (Wildman–Crippen MR) is 64.9 cm³/mol. The average molecular weight is 234 g/mol. The van der Waals surface area contributed by atoms with Gasteiger partial charge in [-0.2, -0.15) is 11.8 Å². The van der Waals surface area contributed by atoms with Crippen molar-refractivity contribution in [1.29, 1.82) is 0 Å². The van der Waals surface area contributed by atoms with Gasteiger partial charge in [-0.15, -0.1) is 0 Å². The summed E-state index contributed by atoms with van der Waals surface area (Å²) in [6.45, 7) is 4.74. The Morgan fingerprint density at radius 2 is 2.13 bits per heavy atom. The summed E-state index contributed by atoms with van der Waals surface area (Å²) in [5, 5.41) is 11.3. The Labute approximate surface area is 96.0 Å². The van der Waals surface area contributed by atoms with Crippen molar-refractivity contribution in [2.75, 3.05) is 24.7 Å². The first kappa shape index (κ1) is 14.7. The first-order chi connectivity index (χ1) is 7.09. The molecule has 0 aliphatic heterocycles. The Morgan fingerprint density at radius 1 is 1.47 bits per heavy atom. The quantitative estimate of drug-likeness (QED) is 0.525. The normalized spacial score (nSPS) is 12.9. The van der Waals surface area contributed by atoms with Gasteiger partial charge in [0, 0.05) is 18.9 Å². The largest absolute Gasteiger partial charge is 0.396 e. The van der Waals surface area contributed by atoms with E-state index in [1.54, 1.807) is 11.8 Å². The third-order valence-electron chi connectivity index (χ3n) is 2.01. The van der Waals surface area contributed by atoms with E-state index >= 15 is 0 Å². The van der Waals surface area contributed by atoms with Crippen LogP contribution >= 0.6 is 11.8 Å². The number of hydrogen-bond donors (Lipinski definition) is 3. The van der Waals surface area contributed by atoms with Crippen LogP contribution in [0.4, 0.5) is 0 Å². The molecule has 5 heteroatoms. The van der Waals surface area contributed by atoms with Gasteiger partial charge in [0.1, 0.15) is 0 Å². The zero-order valence-corrected chi connectivity index (χ0v) is 10.3. The summed E-state index contributed by atoms with van der Waals surface area (Å²) in [5.41, 5.74) is 5.67. The minimum atomic E-state index is -0.410. The van der Waals surface area contributed by atoms with E-state index in [0.29, 0.717) is 6.54 Å². The second kappa shape index (κ2) is 9.00. The number of hydrogen-bond acceptors (Lipinski definition) is 4. The zero-order chi connectivity index (χ0) is 11.7. The first-order valence-electron chi connectivity index (χ1n) is 5.31. The standard InChI is InChI=1S/C10H22N2O2S/c1-8(2)9(11)10(14)12-4-7-15-6-3-5-13/h8-9,13H,3-7,11H2,1-2H3,(H,12,14)/t9-/m0/s1. The molecular formula is C10H22N2O2S. The summed E-state index contributed by atoms with van der Waals surface area (Å²) in [7, 11) is 0. The van der Waals surface area contributed by atoms with Crippen molar-refractivity contribution in [3.05, 3.63) is 0 Å². The number of carbonyl (C=O) groups excluding carboxylic acids is 1. The van der Waals surface area contributed by atoms with Gasteiger partial charge in [0.2, 0.25) is 5.91 Å². The monoisotopic (exact) mass is 234 g/mol. The lowest BCUT2D eigenvalue weighted by atomic mass is 10.1. The Kier molecular flexibility index (Phi) is 8.85. The lowest BCUT2D eigenvalue weighted by molar-refractivity contribution is -0.123. The summed E-state index contributed by atoms with van der Waals surface area (Å²) >= 11 is 1.72. The zero-order valence-electron chi connectivity index (χ0n) is 9.53. The fourth-order valence-electron chi connectivity index (χ4n) is 0.936. The molecule has 0 fully saturated rings. The molecule has 0 aliphatic carbocycles. The predicted octanol–water partition coefficient (Wildman–Crippen LogP) is 0.202. The second-order valence-corrected chi connectivity index (χ2v) is 4.98. The van der Waals surface area contributed by atoms with Gasteiger partial charge in [0.05, 0.1) is 6.04 Å². The van der Waals surface area contributed by atoms with Crippen molar-refractivity contribution in [1.82, 2.24) is 5.32 Å². The number of aliphatic hydroxyl groups is 1. The van der Waals surface area contributed by atoms with E-state index in [0.717, 1.165) is 17.9 Å². The molecule has 0 heterocycles. The number of aliphatic hydroxyl groups excluding tert-OH is 1. The number of rotatable bonds is 8. The van der Waals surface area contributed by atoms with Crippen LogP contribution in [0.2, 0.25) is 0 Å². The maximum Gasteiger partial charge on any atom is 0.237 e. The van der Waals surface area contributed by atoms with Gasteiger partial charge in [0.25, 0.3) is 0 Å². The highest BCUT2D eigenvalue weighted by Crippen LogP contribution is 2.01. The van der Waals surface area contributed by atoms with Crippen LogP contribution in [0.5, 0.6) is 0 Å². The van der Waals surface area contributed by atoms with Gasteiger partial charge in [-0.3, -0.25) is 4.79 Å². The number of carbonyl (C=O) groups is 1. The molecule has 0 bridgehead atoms. The highest BCUT2D eigenvalue weighted by Gasteiger charge is 2.15. The van der Waals surface area contributed by atoms with Crippen LogP contribution in [0.15, 0.2) is 0 Å². The van der Waals surface area contributed by atoms with Crippen LogP contribution < -0.4 is 11.1 Å². The SMILES string of the molecule is CC(C)[C@H](N)C(=O)NCCSCCCO. The van der Waals surface area contributed by atoms with Crippen LogP contribution in [-0.4, -0.2) is 41.7 Å². The van der Waals surface area contributed by atoms with E-state index in [-0.39, 0.29) is 18.4 Å². The fraction of sp³-hybridized carbons (Fsp3) is 0.900. The molecule has 90 valence electrons. The van der Waals surface area contributed by atoms with E-state index in [2.05, 4.69) is 5.32 Å². The van der Waals surface area contributed by atoms with E-state index in [1.807, 2.05) is 13.8 Å². The molecule has 0 unspecified atom stereocenters. The van der Waals surface area contributed by atoms with Crippen molar-refractivity contribution in [2.45, 2.75) is 26.3 Å². The fourth-order valence-corrected chi connectivity index (χ4v) is 1.72. The maximum absolute atomic E-state index is 11.4. The minimum Gasteiger partial charge on any atom is -0.396 e. The number of nitrogens with two attached hydrogens (primary N) is 1. The second-order valence-electron chi connectivity index (χ2n) is 3.75. The van der Waals surface area contributed by atoms with Gasteiger partial charge in [-0.1, -0.05) is 13.8 Å². The molecule has 0 radical (unpaired) electrons. The lowest BCUT2D eigenvalue weighted by Crippen LogP contribution is -2.44. The topological polar surface area (TPSA) is 75.4 Å². The molecule has 4 N–H and O–H groups in total. The highest BCUT2D eigenvalue weighted by molar-refractivity contribution is 7.99. The van der Waals surface area contributed by atoms with Crippen molar-refractivity contribution < 1.29 is 9.90 Å². The maximum atomic E-state index is 11.4. The number of thioether (sulfide) groups is 1. The Bertz CT molecular complexity index is 177. The van der Waals surface area contributed by atoms with Crippen molar-refractivity contribution in [3.8, 4) is 0 Å². The molecule has 0 aliphatic rings. The van der Waals surface area contributed by atoms with Gasteiger partial charge in [0.15, 0.2) is 0 Å². The van der Waals surface area contributed by atoms with E-state index < -0.39 is 6.04 Å². The summed E-state index contributed by atoms with van der Waals surface area (Å²) in [6.07, 6.45) is 0.810. The van der Waals surface area contributed by atoms with Crippen LogP contribution in [0, 0.1) is 5.92 Å². The molecule has 0 rings (SSSR count). The molecule has 0 saturated carbocycles. The van der Waals surface area contributed by atoms with Gasteiger partial charge in [-0.25, -0.2) is 0 Å². The first-order valence-corrected chi connectivity index (χ1v) is 6.47. The minimum absolute atomic E-state index is 0.0761. The molecule has 15 heavy (non-hydrogen) atoms. The van der Waals surface area contributed by atoms with Gasteiger partial charge < -0.3 is 16.2 Å². The number of amides is 1. The summed E-state index contributed by atoms with van der Waals surface area (Å²) < 4.78 is 0. The third kappa shape index (κ3) is 7.64. The molecule has 0 aromatic rings. The van der Waals surface area contributed by atoms with Crippen molar-refractivity contribution in [2.24, 2.45) is 11.7 Å².